The Labute approximate surface area is 99.8 Å². The van der Waals surface area contributed by atoms with Crippen molar-refractivity contribution in [3.63, 3.8) is 0 Å². The Hall–Kier alpha value is -1.97. The van der Waals surface area contributed by atoms with E-state index in [1.165, 1.54) is 7.11 Å². The van der Waals surface area contributed by atoms with Gasteiger partial charge in [-0.05, 0) is 30.5 Å². The molecule has 0 N–H and O–H groups in total. The maximum atomic E-state index is 11.2. The van der Waals surface area contributed by atoms with Crippen molar-refractivity contribution in [1.29, 1.82) is 0 Å². The largest absolute Gasteiger partial charge is 0.466 e. The van der Waals surface area contributed by atoms with Crippen molar-refractivity contribution in [3.05, 3.63) is 35.9 Å². The first kappa shape index (κ1) is 11.5. The predicted molar refractivity (Wildman–Crippen MR) is 62.0 cm³/mol. The Balaban J connectivity index is 1.96. The molecule has 0 aromatic heterocycles. The molecule has 90 valence electrons. The molecule has 0 atom stereocenters. The van der Waals surface area contributed by atoms with Crippen LogP contribution >= 0.6 is 0 Å². The van der Waals surface area contributed by atoms with Crippen molar-refractivity contribution in [2.24, 2.45) is 0 Å². The van der Waals surface area contributed by atoms with Gasteiger partial charge in [-0.15, -0.1) is 0 Å². The smallest absolute Gasteiger partial charge is 0.333 e. The average Bonchev–Trinajstić information content (AvgIpc) is 2.82. The minimum absolute atomic E-state index is 0.271. The SMILES string of the molecule is C=C(CCc1ccc2c(c1)OCO2)C(=O)OC. The maximum absolute atomic E-state index is 11.2. The minimum Gasteiger partial charge on any atom is -0.466 e. The lowest BCUT2D eigenvalue weighted by molar-refractivity contribution is -0.136. The number of hydrogen-bond acceptors (Lipinski definition) is 4. The van der Waals surface area contributed by atoms with Gasteiger partial charge < -0.3 is 14.2 Å². The number of carbonyl (C=O) groups excluding carboxylic acids is 1. The fourth-order valence-corrected chi connectivity index (χ4v) is 1.64. The van der Waals surface area contributed by atoms with E-state index in [0.717, 1.165) is 23.5 Å². The zero-order chi connectivity index (χ0) is 12.3. The summed E-state index contributed by atoms with van der Waals surface area (Å²) in [5.41, 5.74) is 1.56. The van der Waals surface area contributed by atoms with Gasteiger partial charge in [0.15, 0.2) is 11.5 Å². The fraction of sp³-hybridized carbons (Fsp3) is 0.308. The van der Waals surface area contributed by atoms with E-state index in [1.54, 1.807) is 0 Å². The van der Waals surface area contributed by atoms with E-state index in [9.17, 15) is 4.79 Å². The van der Waals surface area contributed by atoms with Gasteiger partial charge in [0.2, 0.25) is 6.79 Å². The first-order chi connectivity index (χ1) is 8.20. The molecule has 0 unspecified atom stereocenters. The summed E-state index contributed by atoms with van der Waals surface area (Å²) in [7, 11) is 1.36. The van der Waals surface area contributed by atoms with E-state index in [-0.39, 0.29) is 12.8 Å². The van der Waals surface area contributed by atoms with Crippen LogP contribution in [0.1, 0.15) is 12.0 Å². The second-order valence-electron chi connectivity index (χ2n) is 3.78. The topological polar surface area (TPSA) is 44.8 Å². The summed E-state index contributed by atoms with van der Waals surface area (Å²) in [6, 6.07) is 5.75. The van der Waals surface area contributed by atoms with Crippen LogP contribution in [0.3, 0.4) is 0 Å². The highest BCUT2D eigenvalue weighted by atomic mass is 16.7. The van der Waals surface area contributed by atoms with E-state index < -0.39 is 0 Å². The normalized spacial score (nSPS) is 12.3. The van der Waals surface area contributed by atoms with E-state index >= 15 is 0 Å². The number of esters is 1. The second-order valence-corrected chi connectivity index (χ2v) is 3.78. The Morgan fingerprint density at radius 1 is 1.41 bits per heavy atom. The number of rotatable bonds is 4. The molecule has 1 aromatic rings. The van der Waals surface area contributed by atoms with Gasteiger partial charge in [0.25, 0.3) is 0 Å². The minimum atomic E-state index is -0.356. The highest BCUT2D eigenvalue weighted by Gasteiger charge is 2.13. The van der Waals surface area contributed by atoms with Crippen LogP contribution in [0.25, 0.3) is 0 Å². The molecular formula is C13H14O4. The van der Waals surface area contributed by atoms with Crippen LogP contribution in [-0.4, -0.2) is 19.9 Å². The van der Waals surface area contributed by atoms with Crippen LogP contribution in [0.4, 0.5) is 0 Å². The van der Waals surface area contributed by atoms with Gasteiger partial charge >= 0.3 is 5.97 Å². The van der Waals surface area contributed by atoms with Crippen molar-refractivity contribution in [3.8, 4) is 11.5 Å². The zero-order valence-corrected chi connectivity index (χ0v) is 9.69. The molecule has 1 heterocycles. The fourth-order valence-electron chi connectivity index (χ4n) is 1.64. The maximum Gasteiger partial charge on any atom is 0.333 e. The molecular weight excluding hydrogens is 220 g/mol. The lowest BCUT2D eigenvalue weighted by Crippen LogP contribution is -2.04. The van der Waals surface area contributed by atoms with E-state index in [2.05, 4.69) is 11.3 Å². The molecule has 0 bridgehead atoms. The third-order valence-electron chi connectivity index (χ3n) is 2.63. The molecule has 0 fully saturated rings. The highest BCUT2D eigenvalue weighted by molar-refractivity contribution is 5.87. The standard InChI is InChI=1S/C13H14O4/c1-9(13(14)15-2)3-4-10-5-6-11-12(7-10)17-8-16-11/h5-7H,1,3-4,8H2,2H3. The van der Waals surface area contributed by atoms with Crippen LogP contribution in [0.2, 0.25) is 0 Å². The van der Waals surface area contributed by atoms with Gasteiger partial charge in [0.1, 0.15) is 0 Å². The van der Waals surface area contributed by atoms with Crippen LogP contribution < -0.4 is 9.47 Å². The Morgan fingerprint density at radius 3 is 2.94 bits per heavy atom. The third-order valence-corrected chi connectivity index (χ3v) is 2.63. The van der Waals surface area contributed by atoms with E-state index in [4.69, 9.17) is 9.47 Å². The van der Waals surface area contributed by atoms with Crippen molar-refractivity contribution in [2.45, 2.75) is 12.8 Å². The lowest BCUT2D eigenvalue weighted by atomic mass is 10.1. The second kappa shape index (κ2) is 4.91. The quantitative estimate of drug-likeness (QED) is 0.591. The Morgan fingerprint density at radius 2 is 2.18 bits per heavy atom. The molecule has 0 spiro atoms. The van der Waals surface area contributed by atoms with Gasteiger partial charge in [0, 0.05) is 5.57 Å². The van der Waals surface area contributed by atoms with Gasteiger partial charge in [-0.1, -0.05) is 12.6 Å². The molecule has 17 heavy (non-hydrogen) atoms. The monoisotopic (exact) mass is 234 g/mol. The summed E-state index contributed by atoms with van der Waals surface area (Å²) in [6.07, 6.45) is 1.30. The van der Waals surface area contributed by atoms with E-state index in [0.29, 0.717) is 12.0 Å². The van der Waals surface area contributed by atoms with E-state index in [1.807, 2.05) is 18.2 Å². The summed E-state index contributed by atoms with van der Waals surface area (Å²) in [5.74, 6) is 1.16. The molecule has 0 saturated carbocycles. The number of hydrogen-bond donors (Lipinski definition) is 0. The predicted octanol–water partition coefficient (Wildman–Crippen LogP) is 2.08. The highest BCUT2D eigenvalue weighted by Crippen LogP contribution is 2.32. The van der Waals surface area contributed by atoms with Crippen LogP contribution in [0, 0.1) is 0 Å². The molecule has 0 radical (unpaired) electrons. The van der Waals surface area contributed by atoms with Crippen molar-refractivity contribution < 1.29 is 19.0 Å². The average molecular weight is 234 g/mol. The van der Waals surface area contributed by atoms with Gasteiger partial charge in [-0.3, -0.25) is 0 Å². The lowest BCUT2D eigenvalue weighted by Gasteiger charge is -2.04. The van der Waals surface area contributed by atoms with Crippen LogP contribution in [0.15, 0.2) is 30.4 Å². The van der Waals surface area contributed by atoms with Crippen molar-refractivity contribution in [2.75, 3.05) is 13.9 Å². The summed E-state index contributed by atoms with van der Waals surface area (Å²) in [5, 5.41) is 0. The van der Waals surface area contributed by atoms with Gasteiger partial charge in [0.05, 0.1) is 7.11 Å². The Bertz CT molecular complexity index is 451. The van der Waals surface area contributed by atoms with Crippen molar-refractivity contribution in [1.82, 2.24) is 0 Å². The number of aryl methyl sites for hydroxylation is 1. The Kier molecular flexibility index (Phi) is 3.32. The molecule has 0 aliphatic carbocycles. The van der Waals surface area contributed by atoms with Crippen molar-refractivity contribution >= 4 is 5.97 Å². The number of ether oxygens (including phenoxy) is 3. The number of fused-ring (bicyclic) bond motifs is 1. The molecule has 1 aliphatic rings. The molecule has 4 heteroatoms. The van der Waals surface area contributed by atoms with Gasteiger partial charge in [-0.2, -0.15) is 0 Å². The first-order valence-corrected chi connectivity index (χ1v) is 5.35. The molecule has 2 rings (SSSR count). The zero-order valence-electron chi connectivity index (χ0n) is 9.69. The summed E-state index contributed by atoms with van der Waals surface area (Å²) >= 11 is 0. The summed E-state index contributed by atoms with van der Waals surface area (Å²) < 4.78 is 15.1. The van der Waals surface area contributed by atoms with Crippen LogP contribution in [0.5, 0.6) is 11.5 Å². The third kappa shape index (κ3) is 2.58. The molecule has 0 saturated heterocycles. The first-order valence-electron chi connectivity index (χ1n) is 5.35. The molecule has 1 aliphatic heterocycles. The van der Waals surface area contributed by atoms with Gasteiger partial charge in [-0.25, -0.2) is 4.79 Å². The summed E-state index contributed by atoms with van der Waals surface area (Å²) in [6.45, 7) is 3.95. The molecule has 1 aromatic carbocycles. The molecule has 4 nitrogen and oxygen atoms in total. The number of carbonyl (C=O) groups is 1. The molecule has 0 amide bonds. The summed E-state index contributed by atoms with van der Waals surface area (Å²) in [4.78, 5) is 11.2. The van der Waals surface area contributed by atoms with Crippen LogP contribution in [-0.2, 0) is 16.0 Å². The number of methoxy groups -OCH3 is 1. The number of benzene rings is 1.